The molecule has 15 heavy (non-hydrogen) atoms. The molecule has 0 saturated carbocycles. The van der Waals surface area contributed by atoms with Crippen LogP contribution >= 0.6 is 11.3 Å². The molecular weight excluding hydrogens is 210 g/mol. The molecule has 0 aromatic carbocycles. The van der Waals surface area contributed by atoms with Gasteiger partial charge in [0.05, 0.1) is 6.04 Å². The Morgan fingerprint density at radius 1 is 1.40 bits per heavy atom. The molecule has 1 N–H and O–H groups in total. The molecule has 86 valence electrons. The van der Waals surface area contributed by atoms with Crippen LogP contribution in [0, 0.1) is 6.92 Å². The maximum Gasteiger partial charge on any atom is 0.171 e. The Morgan fingerprint density at radius 2 is 2.07 bits per heavy atom. The molecule has 1 aromatic heterocycles. The molecule has 0 amide bonds. The molecule has 1 unspecified atom stereocenters. The molecular formula is C11H19NO2S. The third-order valence-corrected chi connectivity index (χ3v) is 3.45. The lowest BCUT2D eigenvalue weighted by Crippen LogP contribution is -2.39. The van der Waals surface area contributed by atoms with Gasteiger partial charge in [-0.3, -0.25) is 0 Å². The van der Waals surface area contributed by atoms with Crippen molar-refractivity contribution in [2.45, 2.75) is 32.7 Å². The van der Waals surface area contributed by atoms with Crippen LogP contribution in [-0.4, -0.2) is 26.6 Å². The van der Waals surface area contributed by atoms with E-state index in [1.54, 1.807) is 25.6 Å². The number of nitrogens with one attached hydrogen (secondary N) is 1. The number of ether oxygens (including phenoxy) is 2. The minimum absolute atomic E-state index is 0.182. The average molecular weight is 229 g/mol. The smallest absolute Gasteiger partial charge is 0.171 e. The fourth-order valence-electron chi connectivity index (χ4n) is 1.44. The summed E-state index contributed by atoms with van der Waals surface area (Å²) in [7, 11) is 3.31. The van der Waals surface area contributed by atoms with Crippen LogP contribution in [0.5, 0.6) is 0 Å². The molecule has 0 spiro atoms. The van der Waals surface area contributed by atoms with Crippen LogP contribution in [0.2, 0.25) is 0 Å². The van der Waals surface area contributed by atoms with Crippen molar-refractivity contribution in [2.24, 2.45) is 0 Å². The number of hydrogen-bond acceptors (Lipinski definition) is 4. The van der Waals surface area contributed by atoms with Crippen LogP contribution in [0.25, 0.3) is 0 Å². The zero-order chi connectivity index (χ0) is 11.3. The van der Waals surface area contributed by atoms with Gasteiger partial charge in [0.25, 0.3) is 0 Å². The number of aryl methyl sites for hydroxylation is 1. The van der Waals surface area contributed by atoms with E-state index >= 15 is 0 Å². The predicted octanol–water partition coefficient (Wildman–Crippen LogP) is 2.15. The summed E-state index contributed by atoms with van der Waals surface area (Å²) in [5.74, 6) is 0. The summed E-state index contributed by atoms with van der Waals surface area (Å²) < 4.78 is 10.4. The highest BCUT2D eigenvalue weighted by Gasteiger charge is 2.15. The van der Waals surface area contributed by atoms with E-state index in [-0.39, 0.29) is 12.3 Å². The van der Waals surface area contributed by atoms with Gasteiger partial charge in [-0.05, 0) is 30.9 Å². The Kier molecular flexibility index (Phi) is 5.25. The Morgan fingerprint density at radius 3 is 2.53 bits per heavy atom. The number of methoxy groups -OCH3 is 2. The molecule has 1 aromatic rings. The molecule has 0 aliphatic carbocycles. The summed E-state index contributed by atoms with van der Waals surface area (Å²) in [4.78, 5) is 1.37. The van der Waals surface area contributed by atoms with Gasteiger partial charge in [0, 0.05) is 25.6 Å². The maximum atomic E-state index is 5.18. The molecule has 4 heteroatoms. The summed E-state index contributed by atoms with van der Waals surface area (Å²) in [6.45, 7) is 5.05. The van der Waals surface area contributed by atoms with Crippen molar-refractivity contribution in [3.05, 3.63) is 21.9 Å². The Hall–Kier alpha value is -0.420. The van der Waals surface area contributed by atoms with E-state index in [4.69, 9.17) is 9.47 Å². The van der Waals surface area contributed by atoms with Gasteiger partial charge in [-0.15, -0.1) is 11.3 Å². The Labute approximate surface area is 95.4 Å². The van der Waals surface area contributed by atoms with E-state index in [0.717, 1.165) is 6.54 Å². The van der Waals surface area contributed by atoms with Crippen molar-refractivity contribution >= 4 is 11.3 Å². The van der Waals surface area contributed by atoms with E-state index in [1.165, 1.54) is 10.4 Å². The molecule has 0 saturated heterocycles. The Balaban J connectivity index is 2.40. The van der Waals surface area contributed by atoms with Crippen LogP contribution in [-0.2, 0) is 16.0 Å². The highest BCUT2D eigenvalue weighted by atomic mass is 32.1. The molecule has 3 nitrogen and oxygen atoms in total. The molecule has 0 radical (unpaired) electrons. The lowest BCUT2D eigenvalue weighted by molar-refractivity contribution is -0.119. The van der Waals surface area contributed by atoms with Crippen molar-refractivity contribution in [2.75, 3.05) is 14.2 Å². The summed E-state index contributed by atoms with van der Waals surface area (Å²) in [5.41, 5.74) is 1.34. The van der Waals surface area contributed by atoms with Crippen molar-refractivity contribution in [3.8, 4) is 0 Å². The first kappa shape index (κ1) is 12.6. The second-order valence-corrected chi connectivity index (χ2v) is 4.54. The topological polar surface area (TPSA) is 30.5 Å². The summed E-state index contributed by atoms with van der Waals surface area (Å²) in [6.07, 6.45) is -0.190. The quantitative estimate of drug-likeness (QED) is 0.758. The SMILES string of the molecule is COC(OC)C(C)NCc1sccc1C. The van der Waals surface area contributed by atoms with Crippen molar-refractivity contribution in [1.29, 1.82) is 0 Å². The van der Waals surface area contributed by atoms with Gasteiger partial charge in [-0.2, -0.15) is 0 Å². The van der Waals surface area contributed by atoms with Crippen LogP contribution < -0.4 is 5.32 Å². The molecule has 1 rings (SSSR count). The summed E-state index contributed by atoms with van der Waals surface area (Å²) in [6, 6.07) is 2.32. The maximum absolute atomic E-state index is 5.18. The van der Waals surface area contributed by atoms with E-state index in [9.17, 15) is 0 Å². The fourth-order valence-corrected chi connectivity index (χ4v) is 2.30. The lowest BCUT2D eigenvalue weighted by Gasteiger charge is -2.22. The first-order chi connectivity index (χ1) is 7.19. The molecule has 0 fully saturated rings. The second-order valence-electron chi connectivity index (χ2n) is 3.54. The van der Waals surface area contributed by atoms with Crippen LogP contribution in [0.15, 0.2) is 11.4 Å². The van der Waals surface area contributed by atoms with E-state index in [2.05, 4.69) is 30.6 Å². The van der Waals surface area contributed by atoms with Crippen LogP contribution in [0.3, 0.4) is 0 Å². The standard InChI is InChI=1S/C11H19NO2S/c1-8-5-6-15-10(8)7-12-9(2)11(13-3)14-4/h5-6,9,11-12H,7H2,1-4H3. The molecule has 0 bridgehead atoms. The van der Waals surface area contributed by atoms with Gasteiger partial charge >= 0.3 is 0 Å². The third-order valence-electron chi connectivity index (χ3n) is 2.43. The first-order valence-corrected chi connectivity index (χ1v) is 5.89. The van der Waals surface area contributed by atoms with Gasteiger partial charge in [-0.1, -0.05) is 0 Å². The number of hydrogen-bond donors (Lipinski definition) is 1. The number of thiophene rings is 1. The largest absolute Gasteiger partial charge is 0.354 e. The van der Waals surface area contributed by atoms with Crippen LogP contribution in [0.4, 0.5) is 0 Å². The predicted molar refractivity (Wildman–Crippen MR) is 63.2 cm³/mol. The van der Waals surface area contributed by atoms with E-state index in [1.807, 2.05) is 0 Å². The minimum Gasteiger partial charge on any atom is -0.354 e. The summed E-state index contributed by atoms with van der Waals surface area (Å²) >= 11 is 1.77. The molecule has 0 aliphatic heterocycles. The first-order valence-electron chi connectivity index (χ1n) is 5.01. The highest BCUT2D eigenvalue weighted by Crippen LogP contribution is 2.15. The van der Waals surface area contributed by atoms with E-state index in [0.29, 0.717) is 0 Å². The highest BCUT2D eigenvalue weighted by molar-refractivity contribution is 7.10. The van der Waals surface area contributed by atoms with Crippen molar-refractivity contribution in [1.82, 2.24) is 5.32 Å². The normalized spacial score (nSPS) is 13.4. The second kappa shape index (κ2) is 6.23. The number of rotatable bonds is 6. The zero-order valence-electron chi connectivity index (χ0n) is 9.74. The van der Waals surface area contributed by atoms with Gasteiger partial charge in [0.2, 0.25) is 0 Å². The summed E-state index contributed by atoms with van der Waals surface area (Å²) in [5, 5.41) is 5.50. The zero-order valence-corrected chi connectivity index (χ0v) is 10.6. The molecule has 0 aliphatic rings. The monoisotopic (exact) mass is 229 g/mol. The van der Waals surface area contributed by atoms with Crippen molar-refractivity contribution < 1.29 is 9.47 Å². The minimum atomic E-state index is -0.190. The Bertz CT molecular complexity index is 284. The van der Waals surface area contributed by atoms with Gasteiger partial charge in [0.1, 0.15) is 0 Å². The van der Waals surface area contributed by atoms with Crippen molar-refractivity contribution in [3.63, 3.8) is 0 Å². The third kappa shape index (κ3) is 3.57. The van der Waals surface area contributed by atoms with Gasteiger partial charge in [-0.25, -0.2) is 0 Å². The van der Waals surface area contributed by atoms with E-state index < -0.39 is 0 Å². The van der Waals surface area contributed by atoms with Crippen LogP contribution in [0.1, 0.15) is 17.4 Å². The van der Waals surface area contributed by atoms with Gasteiger partial charge < -0.3 is 14.8 Å². The molecule has 1 atom stereocenters. The lowest BCUT2D eigenvalue weighted by atomic mass is 10.2. The average Bonchev–Trinajstić information content (AvgIpc) is 2.63. The fraction of sp³-hybridized carbons (Fsp3) is 0.636. The molecule has 1 heterocycles. The van der Waals surface area contributed by atoms with Gasteiger partial charge in [0.15, 0.2) is 6.29 Å².